The molecule has 0 aliphatic rings. The highest BCUT2D eigenvalue weighted by Gasteiger charge is 2.19. The molecular formula is C15H9Cl5N2O3. The van der Waals surface area contributed by atoms with Crippen LogP contribution in [0, 0.1) is 0 Å². The van der Waals surface area contributed by atoms with Crippen molar-refractivity contribution < 1.29 is 14.3 Å². The van der Waals surface area contributed by atoms with Gasteiger partial charge < -0.3 is 10.1 Å². The van der Waals surface area contributed by atoms with E-state index in [1.165, 1.54) is 0 Å². The van der Waals surface area contributed by atoms with Gasteiger partial charge in [-0.3, -0.25) is 4.79 Å². The fraction of sp³-hybridized carbons (Fsp3) is 0.133. The van der Waals surface area contributed by atoms with Crippen molar-refractivity contribution in [1.29, 1.82) is 0 Å². The number of pyridine rings is 1. The highest BCUT2D eigenvalue weighted by atomic mass is 35.5. The number of benzene rings is 1. The first-order chi connectivity index (χ1) is 11.8. The average Bonchev–Trinajstić information content (AvgIpc) is 2.57. The van der Waals surface area contributed by atoms with Crippen LogP contribution < -0.4 is 5.32 Å². The van der Waals surface area contributed by atoms with Crippen LogP contribution in [0.15, 0.2) is 24.4 Å². The summed E-state index contributed by atoms with van der Waals surface area (Å²) in [6, 6.07) is 4.88. The zero-order chi connectivity index (χ0) is 18.6. The van der Waals surface area contributed by atoms with Crippen molar-refractivity contribution in [1.82, 2.24) is 10.3 Å². The topological polar surface area (TPSA) is 68.3 Å². The van der Waals surface area contributed by atoms with Gasteiger partial charge in [-0.15, -0.1) is 0 Å². The summed E-state index contributed by atoms with van der Waals surface area (Å²) in [5, 5.41) is 3.39. The van der Waals surface area contributed by atoms with E-state index in [-0.39, 0.29) is 27.3 Å². The number of amides is 1. The Hall–Kier alpha value is -1.24. The number of ether oxygens (including phenoxy) is 1. The number of halogens is 5. The molecule has 10 heteroatoms. The first-order valence-corrected chi connectivity index (χ1v) is 8.55. The van der Waals surface area contributed by atoms with Gasteiger partial charge in [0.05, 0.1) is 15.1 Å². The van der Waals surface area contributed by atoms with E-state index >= 15 is 0 Å². The normalized spacial score (nSPS) is 10.4. The molecule has 0 aliphatic carbocycles. The number of esters is 1. The van der Waals surface area contributed by atoms with Gasteiger partial charge in [-0.1, -0.05) is 64.1 Å². The molecule has 25 heavy (non-hydrogen) atoms. The van der Waals surface area contributed by atoms with Crippen LogP contribution in [-0.4, -0.2) is 23.5 Å². The lowest BCUT2D eigenvalue weighted by Gasteiger charge is -2.09. The molecule has 2 rings (SSSR count). The Morgan fingerprint density at radius 2 is 1.76 bits per heavy atom. The maximum absolute atomic E-state index is 11.9. The number of hydrogen-bond donors (Lipinski definition) is 1. The smallest absolute Gasteiger partial charge is 0.359 e. The Bertz CT molecular complexity index is 829. The standard InChI is InChI=1S/C15H9Cl5N2O3/c16-8-2-1-7(9(17)3-8)4-21-11(23)6-25-15(24)14-13(20)12(19)10(18)5-22-14/h1-3,5H,4,6H2,(H,21,23). The van der Waals surface area contributed by atoms with E-state index in [1.807, 2.05) is 0 Å². The predicted octanol–water partition coefficient (Wildman–Crippen LogP) is 4.82. The molecule has 0 bridgehead atoms. The zero-order valence-electron chi connectivity index (χ0n) is 12.3. The van der Waals surface area contributed by atoms with Crippen LogP contribution in [0.25, 0.3) is 0 Å². The minimum atomic E-state index is -0.900. The van der Waals surface area contributed by atoms with Gasteiger partial charge in [-0.25, -0.2) is 9.78 Å². The summed E-state index contributed by atoms with van der Waals surface area (Å²) in [4.78, 5) is 27.4. The molecule has 1 amide bonds. The quantitative estimate of drug-likeness (QED) is 0.674. The summed E-state index contributed by atoms with van der Waals surface area (Å²) < 4.78 is 4.85. The summed E-state index contributed by atoms with van der Waals surface area (Å²) >= 11 is 29.2. The van der Waals surface area contributed by atoms with Gasteiger partial charge in [0.25, 0.3) is 5.91 Å². The Kier molecular flexibility index (Phi) is 7.16. The monoisotopic (exact) mass is 440 g/mol. The summed E-state index contributed by atoms with van der Waals surface area (Å²) in [6.07, 6.45) is 1.16. The molecule has 1 aromatic heterocycles. The molecular weight excluding hydrogens is 433 g/mol. The van der Waals surface area contributed by atoms with Crippen molar-refractivity contribution in [2.45, 2.75) is 6.54 Å². The lowest BCUT2D eigenvalue weighted by molar-refractivity contribution is -0.124. The second kappa shape index (κ2) is 8.92. The van der Waals surface area contributed by atoms with E-state index in [9.17, 15) is 9.59 Å². The summed E-state index contributed by atoms with van der Waals surface area (Å²) in [5.41, 5.74) is 0.435. The molecule has 0 unspecified atom stereocenters. The van der Waals surface area contributed by atoms with E-state index in [0.29, 0.717) is 15.6 Å². The Morgan fingerprint density at radius 3 is 2.44 bits per heavy atom. The molecule has 0 atom stereocenters. The lowest BCUT2D eigenvalue weighted by Crippen LogP contribution is -2.28. The SMILES string of the molecule is O=C(COC(=O)c1ncc(Cl)c(Cl)c1Cl)NCc1ccc(Cl)cc1Cl. The van der Waals surface area contributed by atoms with Crippen LogP contribution in [0.3, 0.4) is 0 Å². The van der Waals surface area contributed by atoms with Crippen molar-refractivity contribution in [2.75, 3.05) is 6.61 Å². The van der Waals surface area contributed by atoms with E-state index in [2.05, 4.69) is 10.3 Å². The maximum Gasteiger partial charge on any atom is 0.359 e. The zero-order valence-corrected chi connectivity index (χ0v) is 16.1. The van der Waals surface area contributed by atoms with E-state index < -0.39 is 18.5 Å². The largest absolute Gasteiger partial charge is 0.451 e. The molecule has 1 N–H and O–H groups in total. The van der Waals surface area contributed by atoms with Crippen molar-refractivity contribution >= 4 is 69.9 Å². The van der Waals surface area contributed by atoms with Crippen LogP contribution in [-0.2, 0) is 16.1 Å². The van der Waals surface area contributed by atoms with Crippen LogP contribution >= 0.6 is 58.0 Å². The molecule has 2 aromatic rings. The van der Waals surface area contributed by atoms with Gasteiger partial charge in [0.15, 0.2) is 12.3 Å². The van der Waals surface area contributed by atoms with Crippen LogP contribution in [0.2, 0.25) is 25.1 Å². The second-order valence-corrected chi connectivity index (χ2v) is 6.68. The third kappa shape index (κ3) is 5.36. The highest BCUT2D eigenvalue weighted by Crippen LogP contribution is 2.31. The van der Waals surface area contributed by atoms with Crippen molar-refractivity contribution in [2.24, 2.45) is 0 Å². The van der Waals surface area contributed by atoms with Gasteiger partial charge in [-0.05, 0) is 17.7 Å². The van der Waals surface area contributed by atoms with Gasteiger partial charge >= 0.3 is 5.97 Å². The van der Waals surface area contributed by atoms with Crippen LogP contribution in [0.4, 0.5) is 0 Å². The number of carbonyl (C=O) groups excluding carboxylic acids is 2. The fourth-order valence-corrected chi connectivity index (χ4v) is 2.73. The van der Waals surface area contributed by atoms with E-state index in [4.69, 9.17) is 62.7 Å². The lowest BCUT2D eigenvalue weighted by atomic mass is 10.2. The van der Waals surface area contributed by atoms with Gasteiger partial charge in [-0.2, -0.15) is 0 Å². The summed E-state index contributed by atoms with van der Waals surface area (Å²) in [5.74, 6) is -1.43. The van der Waals surface area contributed by atoms with Crippen LogP contribution in [0.5, 0.6) is 0 Å². The first-order valence-electron chi connectivity index (χ1n) is 6.67. The molecule has 1 heterocycles. The van der Waals surface area contributed by atoms with E-state index in [0.717, 1.165) is 6.20 Å². The van der Waals surface area contributed by atoms with E-state index in [1.54, 1.807) is 18.2 Å². The van der Waals surface area contributed by atoms with Gasteiger partial charge in [0.1, 0.15) is 0 Å². The highest BCUT2D eigenvalue weighted by molar-refractivity contribution is 6.48. The van der Waals surface area contributed by atoms with Crippen molar-refractivity contribution in [3.63, 3.8) is 0 Å². The molecule has 0 saturated heterocycles. The minimum absolute atomic E-state index is 0.0212. The predicted molar refractivity (Wildman–Crippen MR) is 97.9 cm³/mol. The molecule has 0 radical (unpaired) electrons. The molecule has 0 saturated carbocycles. The Morgan fingerprint density at radius 1 is 1.04 bits per heavy atom. The summed E-state index contributed by atoms with van der Waals surface area (Å²) in [6.45, 7) is -0.375. The number of nitrogens with zero attached hydrogens (tertiary/aromatic N) is 1. The Labute approximate surface area is 168 Å². The molecule has 1 aromatic carbocycles. The third-order valence-corrected chi connectivity index (χ3v) is 4.76. The molecule has 0 aliphatic heterocycles. The summed E-state index contributed by atoms with van der Waals surface area (Å²) in [7, 11) is 0. The second-order valence-electron chi connectivity index (χ2n) is 4.67. The van der Waals surface area contributed by atoms with Crippen molar-refractivity contribution in [3.05, 3.63) is 60.8 Å². The minimum Gasteiger partial charge on any atom is -0.451 e. The molecule has 0 spiro atoms. The number of hydrogen-bond acceptors (Lipinski definition) is 4. The average molecular weight is 443 g/mol. The maximum atomic E-state index is 11.9. The first kappa shape index (κ1) is 20.1. The number of nitrogens with one attached hydrogen (secondary N) is 1. The van der Waals surface area contributed by atoms with Crippen molar-refractivity contribution in [3.8, 4) is 0 Å². The number of aromatic nitrogens is 1. The molecule has 0 fully saturated rings. The van der Waals surface area contributed by atoms with Gasteiger partial charge in [0.2, 0.25) is 0 Å². The molecule has 5 nitrogen and oxygen atoms in total. The fourth-order valence-electron chi connectivity index (χ4n) is 1.70. The van der Waals surface area contributed by atoms with Crippen LogP contribution in [0.1, 0.15) is 16.1 Å². The third-order valence-electron chi connectivity index (χ3n) is 2.94. The number of rotatable bonds is 5. The Balaban J connectivity index is 1.89. The molecule has 132 valence electrons. The number of carbonyl (C=O) groups is 2. The van der Waals surface area contributed by atoms with Gasteiger partial charge in [0, 0.05) is 22.8 Å².